The Morgan fingerprint density at radius 1 is 1.30 bits per heavy atom. The summed E-state index contributed by atoms with van der Waals surface area (Å²) in [7, 11) is 1.95. The largest absolute Gasteiger partial charge is 0.374 e. The molecule has 0 unspecified atom stereocenters. The molecule has 6 heteroatoms. The Morgan fingerprint density at radius 2 is 2.20 bits per heavy atom. The lowest BCUT2D eigenvalue weighted by atomic mass is 10.2. The first-order valence-electron chi connectivity index (χ1n) is 6.99. The summed E-state index contributed by atoms with van der Waals surface area (Å²) in [6, 6.07) is 0. The van der Waals surface area contributed by atoms with Gasteiger partial charge in [-0.15, -0.1) is 0 Å². The smallest absolute Gasteiger partial charge is 0.0898 e. The number of aromatic nitrogens is 4. The Kier molecular flexibility index (Phi) is 3.84. The van der Waals surface area contributed by atoms with E-state index in [-0.39, 0.29) is 6.10 Å². The van der Waals surface area contributed by atoms with Gasteiger partial charge in [0.15, 0.2) is 0 Å². The molecule has 2 aromatic heterocycles. The lowest BCUT2D eigenvalue weighted by Gasteiger charge is -2.32. The average Bonchev–Trinajstić information content (AvgIpc) is 2.99. The third-order valence-electron chi connectivity index (χ3n) is 3.54. The van der Waals surface area contributed by atoms with Crippen LogP contribution in [0.15, 0.2) is 24.8 Å². The molecule has 0 aromatic carbocycles. The van der Waals surface area contributed by atoms with Crippen LogP contribution >= 0.6 is 0 Å². The van der Waals surface area contributed by atoms with Crippen LogP contribution in [0.4, 0.5) is 0 Å². The van der Waals surface area contributed by atoms with Gasteiger partial charge in [-0.3, -0.25) is 14.3 Å². The third-order valence-corrected chi connectivity index (χ3v) is 3.54. The van der Waals surface area contributed by atoms with Crippen molar-refractivity contribution in [2.45, 2.75) is 26.1 Å². The molecule has 2 aromatic rings. The van der Waals surface area contributed by atoms with E-state index in [0.29, 0.717) is 0 Å². The van der Waals surface area contributed by atoms with E-state index in [0.717, 1.165) is 32.8 Å². The summed E-state index contributed by atoms with van der Waals surface area (Å²) < 4.78 is 9.65. The second-order valence-corrected chi connectivity index (χ2v) is 5.49. The molecule has 1 aliphatic rings. The maximum atomic E-state index is 5.84. The maximum absolute atomic E-state index is 5.84. The van der Waals surface area contributed by atoms with Gasteiger partial charge in [-0.05, 0) is 12.5 Å². The van der Waals surface area contributed by atoms with Crippen molar-refractivity contribution in [1.29, 1.82) is 0 Å². The predicted molar refractivity (Wildman–Crippen MR) is 75.2 cm³/mol. The standard InChI is InChI=1S/C14H21N5O/c1-12-5-16-19(7-12)11-14-10-18(3-4-20-14)9-13-6-15-17(2)8-13/h5-8,14H,3-4,9-11H2,1-2H3/t14-/m0/s1. The van der Waals surface area contributed by atoms with Crippen LogP contribution in [0.2, 0.25) is 0 Å². The first-order valence-corrected chi connectivity index (χ1v) is 6.99. The van der Waals surface area contributed by atoms with Crippen LogP contribution in [-0.4, -0.2) is 50.3 Å². The summed E-state index contributed by atoms with van der Waals surface area (Å²) >= 11 is 0. The van der Waals surface area contributed by atoms with Crippen LogP contribution in [0.3, 0.4) is 0 Å². The van der Waals surface area contributed by atoms with Crippen molar-refractivity contribution >= 4 is 0 Å². The highest BCUT2D eigenvalue weighted by atomic mass is 16.5. The van der Waals surface area contributed by atoms with Crippen molar-refractivity contribution in [3.63, 3.8) is 0 Å². The molecule has 1 fully saturated rings. The van der Waals surface area contributed by atoms with Crippen LogP contribution in [-0.2, 0) is 24.9 Å². The minimum Gasteiger partial charge on any atom is -0.374 e. The Labute approximate surface area is 118 Å². The normalized spacial score (nSPS) is 20.4. The number of rotatable bonds is 4. The molecule has 108 valence electrons. The van der Waals surface area contributed by atoms with Crippen molar-refractivity contribution in [2.75, 3.05) is 19.7 Å². The third kappa shape index (κ3) is 3.26. The minimum atomic E-state index is 0.208. The molecule has 0 N–H and O–H groups in total. The van der Waals surface area contributed by atoms with Gasteiger partial charge in [0.25, 0.3) is 0 Å². The van der Waals surface area contributed by atoms with Crippen LogP contribution in [0.1, 0.15) is 11.1 Å². The van der Waals surface area contributed by atoms with Crippen LogP contribution in [0.5, 0.6) is 0 Å². The number of hydrogen-bond donors (Lipinski definition) is 0. The molecule has 0 saturated carbocycles. The lowest BCUT2D eigenvalue weighted by Crippen LogP contribution is -2.43. The van der Waals surface area contributed by atoms with Gasteiger partial charge in [0.1, 0.15) is 0 Å². The number of aryl methyl sites for hydroxylation is 2. The number of nitrogens with zero attached hydrogens (tertiary/aromatic N) is 5. The molecule has 1 aliphatic heterocycles. The van der Waals surface area contributed by atoms with E-state index in [4.69, 9.17) is 4.74 Å². The van der Waals surface area contributed by atoms with Gasteiger partial charge in [0, 0.05) is 44.6 Å². The Morgan fingerprint density at radius 3 is 2.90 bits per heavy atom. The highest BCUT2D eigenvalue weighted by Crippen LogP contribution is 2.11. The van der Waals surface area contributed by atoms with E-state index in [1.165, 1.54) is 11.1 Å². The quantitative estimate of drug-likeness (QED) is 0.829. The summed E-state index contributed by atoms with van der Waals surface area (Å²) in [6.45, 7) is 6.51. The molecule has 3 rings (SSSR count). The first-order chi connectivity index (χ1) is 9.69. The molecule has 0 amide bonds. The zero-order valence-electron chi connectivity index (χ0n) is 12.1. The van der Waals surface area contributed by atoms with Crippen LogP contribution in [0, 0.1) is 6.92 Å². The Hall–Kier alpha value is -1.66. The van der Waals surface area contributed by atoms with E-state index < -0.39 is 0 Å². The second kappa shape index (κ2) is 5.76. The van der Waals surface area contributed by atoms with Crippen molar-refractivity contribution in [2.24, 2.45) is 7.05 Å². The zero-order valence-corrected chi connectivity index (χ0v) is 12.1. The highest BCUT2D eigenvalue weighted by Gasteiger charge is 2.21. The molecule has 1 atom stereocenters. The van der Waals surface area contributed by atoms with Crippen molar-refractivity contribution < 1.29 is 4.74 Å². The molecule has 3 heterocycles. The van der Waals surface area contributed by atoms with Crippen LogP contribution in [0.25, 0.3) is 0 Å². The van der Waals surface area contributed by atoms with Gasteiger partial charge in [-0.2, -0.15) is 10.2 Å². The Bertz CT molecular complexity index is 513. The van der Waals surface area contributed by atoms with Crippen molar-refractivity contribution in [3.8, 4) is 0 Å². The topological polar surface area (TPSA) is 48.1 Å². The fraction of sp³-hybridized carbons (Fsp3) is 0.571. The Balaban J connectivity index is 1.56. The SMILES string of the molecule is Cc1cnn(C[C@@H]2CN(Cc3cnn(C)c3)CCO2)c1. The van der Waals surface area contributed by atoms with Gasteiger partial charge in [0.05, 0.1) is 31.6 Å². The molecular weight excluding hydrogens is 254 g/mol. The fourth-order valence-corrected chi connectivity index (χ4v) is 2.62. The summed E-state index contributed by atoms with van der Waals surface area (Å²) in [4.78, 5) is 2.42. The predicted octanol–water partition coefficient (Wildman–Crippen LogP) is 0.826. The van der Waals surface area contributed by atoms with Crippen molar-refractivity contribution in [3.05, 3.63) is 35.9 Å². The minimum absolute atomic E-state index is 0.208. The summed E-state index contributed by atoms with van der Waals surface area (Å²) in [6.07, 6.45) is 8.15. The van der Waals surface area contributed by atoms with Gasteiger partial charge >= 0.3 is 0 Å². The summed E-state index contributed by atoms with van der Waals surface area (Å²) in [5, 5.41) is 8.54. The van der Waals surface area contributed by atoms with Crippen molar-refractivity contribution in [1.82, 2.24) is 24.5 Å². The monoisotopic (exact) mass is 275 g/mol. The summed E-state index contributed by atoms with van der Waals surface area (Å²) in [5.74, 6) is 0. The average molecular weight is 275 g/mol. The first kappa shape index (κ1) is 13.3. The molecule has 0 spiro atoms. The van der Waals surface area contributed by atoms with Gasteiger partial charge < -0.3 is 4.74 Å². The molecule has 0 aliphatic carbocycles. The van der Waals surface area contributed by atoms with E-state index in [1.54, 1.807) is 0 Å². The molecule has 0 bridgehead atoms. The van der Waals surface area contributed by atoms with Gasteiger partial charge in [0.2, 0.25) is 0 Å². The van der Waals surface area contributed by atoms with Gasteiger partial charge in [-0.25, -0.2) is 0 Å². The summed E-state index contributed by atoms with van der Waals surface area (Å²) in [5.41, 5.74) is 2.44. The van der Waals surface area contributed by atoms with E-state index in [9.17, 15) is 0 Å². The molecule has 20 heavy (non-hydrogen) atoms. The fourth-order valence-electron chi connectivity index (χ4n) is 2.62. The highest BCUT2D eigenvalue weighted by molar-refractivity contribution is 5.03. The van der Waals surface area contributed by atoms with Gasteiger partial charge in [-0.1, -0.05) is 0 Å². The molecule has 6 nitrogen and oxygen atoms in total. The van der Waals surface area contributed by atoms with Crippen LogP contribution < -0.4 is 0 Å². The van der Waals surface area contributed by atoms with E-state index in [2.05, 4.69) is 34.4 Å². The molecule has 0 radical (unpaired) electrons. The zero-order chi connectivity index (χ0) is 13.9. The second-order valence-electron chi connectivity index (χ2n) is 5.49. The number of morpholine rings is 1. The number of hydrogen-bond acceptors (Lipinski definition) is 4. The molecule has 1 saturated heterocycles. The lowest BCUT2D eigenvalue weighted by molar-refractivity contribution is -0.0402. The maximum Gasteiger partial charge on any atom is 0.0898 e. The number of ether oxygens (including phenoxy) is 1. The van der Waals surface area contributed by atoms with E-state index in [1.807, 2.05) is 28.8 Å². The van der Waals surface area contributed by atoms with E-state index >= 15 is 0 Å². The molecular formula is C14H21N5O.